The zero-order valence-electron chi connectivity index (χ0n) is 12.1. The van der Waals surface area contributed by atoms with E-state index in [1.54, 1.807) is 45.0 Å². The smallest absolute Gasteiger partial charge is 0.407 e. The van der Waals surface area contributed by atoms with Gasteiger partial charge < -0.3 is 20.0 Å². The van der Waals surface area contributed by atoms with Gasteiger partial charge in [0.1, 0.15) is 17.1 Å². The highest BCUT2D eigenvalue weighted by molar-refractivity contribution is 6.04. The van der Waals surface area contributed by atoms with Gasteiger partial charge in [-0.1, -0.05) is 17.3 Å². The first-order chi connectivity index (χ1) is 9.37. The van der Waals surface area contributed by atoms with Gasteiger partial charge in [0.05, 0.1) is 13.7 Å². The molecule has 1 aromatic rings. The molecule has 6 nitrogen and oxygen atoms in total. The second kappa shape index (κ2) is 6.79. The summed E-state index contributed by atoms with van der Waals surface area (Å²) >= 11 is 0. The average molecular weight is 280 g/mol. The van der Waals surface area contributed by atoms with Crippen LogP contribution in [0.2, 0.25) is 0 Å². The van der Waals surface area contributed by atoms with Crippen LogP contribution in [0.3, 0.4) is 0 Å². The highest BCUT2D eigenvalue weighted by atomic mass is 16.6. The Morgan fingerprint density at radius 1 is 1.35 bits per heavy atom. The number of oxime groups is 1. The third kappa shape index (κ3) is 4.79. The van der Waals surface area contributed by atoms with E-state index in [0.717, 1.165) is 0 Å². The maximum Gasteiger partial charge on any atom is 0.407 e. The van der Waals surface area contributed by atoms with Crippen molar-refractivity contribution in [2.75, 3.05) is 13.7 Å². The molecule has 0 saturated heterocycles. The van der Waals surface area contributed by atoms with E-state index in [1.165, 1.54) is 7.11 Å². The summed E-state index contributed by atoms with van der Waals surface area (Å²) in [6, 6.07) is 7.08. The summed E-state index contributed by atoms with van der Waals surface area (Å²) in [4.78, 5) is 11.6. The van der Waals surface area contributed by atoms with Gasteiger partial charge >= 0.3 is 6.09 Å². The number of methoxy groups -OCH3 is 1. The SMILES string of the molecule is COc1ccccc1/C(CNC(=O)OC(C)(C)C)=N\O. The number of ether oxygens (including phenoxy) is 2. The van der Waals surface area contributed by atoms with Crippen LogP contribution < -0.4 is 10.1 Å². The molecule has 110 valence electrons. The first-order valence-electron chi connectivity index (χ1n) is 6.18. The summed E-state index contributed by atoms with van der Waals surface area (Å²) in [5.41, 5.74) is 0.312. The van der Waals surface area contributed by atoms with Crippen LogP contribution in [0.5, 0.6) is 5.75 Å². The Hall–Kier alpha value is -2.24. The van der Waals surface area contributed by atoms with Crippen LogP contribution in [0, 0.1) is 0 Å². The molecule has 20 heavy (non-hydrogen) atoms. The lowest BCUT2D eigenvalue weighted by molar-refractivity contribution is 0.0536. The predicted octanol–water partition coefficient (Wildman–Crippen LogP) is 2.40. The summed E-state index contributed by atoms with van der Waals surface area (Å²) < 4.78 is 10.3. The minimum atomic E-state index is -0.578. The third-order valence-corrected chi connectivity index (χ3v) is 2.34. The van der Waals surface area contributed by atoms with E-state index in [4.69, 9.17) is 14.7 Å². The van der Waals surface area contributed by atoms with Crippen molar-refractivity contribution in [3.63, 3.8) is 0 Å². The Morgan fingerprint density at radius 3 is 2.55 bits per heavy atom. The van der Waals surface area contributed by atoms with Gasteiger partial charge in [0.15, 0.2) is 0 Å². The molecular formula is C14H20N2O4. The third-order valence-electron chi connectivity index (χ3n) is 2.34. The molecule has 0 fully saturated rings. The van der Waals surface area contributed by atoms with E-state index in [9.17, 15) is 4.79 Å². The van der Waals surface area contributed by atoms with Crippen LogP contribution >= 0.6 is 0 Å². The summed E-state index contributed by atoms with van der Waals surface area (Å²) in [5.74, 6) is 0.561. The van der Waals surface area contributed by atoms with Crippen molar-refractivity contribution in [1.82, 2.24) is 5.32 Å². The molecule has 2 N–H and O–H groups in total. The van der Waals surface area contributed by atoms with Gasteiger partial charge in [-0.2, -0.15) is 0 Å². The number of benzene rings is 1. The van der Waals surface area contributed by atoms with Crippen LogP contribution in [0.15, 0.2) is 29.4 Å². The summed E-state index contributed by atoms with van der Waals surface area (Å²) in [7, 11) is 1.52. The fraction of sp³-hybridized carbons (Fsp3) is 0.429. The molecule has 0 aliphatic carbocycles. The second-order valence-electron chi connectivity index (χ2n) is 5.10. The van der Waals surface area contributed by atoms with E-state index >= 15 is 0 Å². The number of hydrogen-bond donors (Lipinski definition) is 2. The molecule has 1 rings (SSSR count). The topological polar surface area (TPSA) is 80.2 Å². The van der Waals surface area contributed by atoms with Crippen molar-refractivity contribution >= 4 is 11.8 Å². The van der Waals surface area contributed by atoms with Crippen molar-refractivity contribution in [1.29, 1.82) is 0 Å². The molecule has 0 atom stereocenters. The molecule has 0 aromatic heterocycles. The Balaban J connectivity index is 2.72. The van der Waals surface area contributed by atoms with Crippen LogP contribution in [-0.2, 0) is 4.74 Å². The van der Waals surface area contributed by atoms with E-state index in [0.29, 0.717) is 11.3 Å². The average Bonchev–Trinajstić information content (AvgIpc) is 2.38. The summed E-state index contributed by atoms with van der Waals surface area (Å²) in [6.45, 7) is 5.35. The van der Waals surface area contributed by atoms with Gasteiger partial charge in [0, 0.05) is 5.56 Å². The quantitative estimate of drug-likeness (QED) is 0.504. The van der Waals surface area contributed by atoms with Gasteiger partial charge in [-0.15, -0.1) is 0 Å². The normalized spacial score (nSPS) is 11.9. The van der Waals surface area contributed by atoms with Crippen molar-refractivity contribution in [3.8, 4) is 5.75 Å². The van der Waals surface area contributed by atoms with E-state index in [2.05, 4.69) is 10.5 Å². The lowest BCUT2D eigenvalue weighted by atomic mass is 10.1. The number of para-hydroxylation sites is 1. The van der Waals surface area contributed by atoms with Crippen LogP contribution in [0.25, 0.3) is 0 Å². The number of rotatable bonds is 4. The van der Waals surface area contributed by atoms with Gasteiger partial charge in [-0.25, -0.2) is 4.79 Å². The zero-order chi connectivity index (χ0) is 15.2. The Labute approximate surface area is 118 Å². The van der Waals surface area contributed by atoms with Crippen LogP contribution in [0.4, 0.5) is 4.79 Å². The second-order valence-corrected chi connectivity index (χ2v) is 5.10. The molecule has 0 radical (unpaired) electrons. The molecule has 1 amide bonds. The first-order valence-corrected chi connectivity index (χ1v) is 6.18. The molecule has 0 bridgehead atoms. The van der Waals surface area contributed by atoms with E-state index in [-0.39, 0.29) is 12.3 Å². The largest absolute Gasteiger partial charge is 0.496 e. The monoisotopic (exact) mass is 280 g/mol. The molecule has 0 unspecified atom stereocenters. The minimum absolute atomic E-state index is 0.0335. The Bertz CT molecular complexity index is 492. The minimum Gasteiger partial charge on any atom is -0.496 e. The van der Waals surface area contributed by atoms with E-state index in [1.807, 2.05) is 0 Å². The maximum absolute atomic E-state index is 11.6. The number of carbonyl (C=O) groups excluding carboxylic acids is 1. The highest BCUT2D eigenvalue weighted by Crippen LogP contribution is 2.18. The Kier molecular flexibility index (Phi) is 5.37. The van der Waals surface area contributed by atoms with Gasteiger partial charge in [-0.05, 0) is 32.9 Å². The molecule has 0 spiro atoms. The van der Waals surface area contributed by atoms with Crippen molar-refractivity contribution < 1.29 is 19.5 Å². The van der Waals surface area contributed by atoms with Gasteiger partial charge in [0.25, 0.3) is 0 Å². The fourth-order valence-corrected chi connectivity index (χ4v) is 1.54. The number of nitrogens with zero attached hydrogens (tertiary/aromatic N) is 1. The molecule has 0 aliphatic rings. The highest BCUT2D eigenvalue weighted by Gasteiger charge is 2.17. The standard InChI is InChI=1S/C14H20N2O4/c1-14(2,3)20-13(17)15-9-11(16-18)10-7-5-6-8-12(10)19-4/h5-8,18H,9H2,1-4H3,(H,15,17)/b16-11-. The molecular weight excluding hydrogens is 260 g/mol. The van der Waals surface area contributed by atoms with Gasteiger partial charge in [-0.3, -0.25) is 0 Å². The molecule has 1 aromatic carbocycles. The van der Waals surface area contributed by atoms with Gasteiger partial charge in [0.2, 0.25) is 0 Å². The number of amides is 1. The first kappa shape index (κ1) is 15.8. The summed E-state index contributed by atoms with van der Waals surface area (Å²) in [5, 5.41) is 14.8. The molecule has 6 heteroatoms. The fourth-order valence-electron chi connectivity index (χ4n) is 1.54. The number of carbonyl (C=O) groups is 1. The number of hydrogen-bond acceptors (Lipinski definition) is 5. The molecule has 0 saturated carbocycles. The lowest BCUT2D eigenvalue weighted by Gasteiger charge is -2.20. The van der Waals surface area contributed by atoms with Crippen molar-refractivity contribution in [2.45, 2.75) is 26.4 Å². The van der Waals surface area contributed by atoms with Crippen molar-refractivity contribution in [2.24, 2.45) is 5.16 Å². The number of nitrogens with one attached hydrogen (secondary N) is 1. The van der Waals surface area contributed by atoms with Crippen molar-refractivity contribution in [3.05, 3.63) is 29.8 Å². The Morgan fingerprint density at radius 2 is 2.00 bits per heavy atom. The molecule has 0 heterocycles. The zero-order valence-corrected chi connectivity index (χ0v) is 12.1. The summed E-state index contributed by atoms with van der Waals surface area (Å²) in [6.07, 6.45) is -0.575. The maximum atomic E-state index is 11.6. The molecule has 0 aliphatic heterocycles. The van der Waals surface area contributed by atoms with E-state index < -0.39 is 11.7 Å². The predicted molar refractivity (Wildman–Crippen MR) is 75.6 cm³/mol. The van der Waals surface area contributed by atoms with Crippen LogP contribution in [0.1, 0.15) is 26.3 Å². The number of alkyl carbamates (subject to hydrolysis) is 1. The van der Waals surface area contributed by atoms with Crippen LogP contribution in [-0.4, -0.2) is 36.3 Å². The lowest BCUT2D eigenvalue weighted by Crippen LogP contribution is -2.35.